The van der Waals surface area contributed by atoms with Crippen molar-refractivity contribution in [2.45, 2.75) is 12.6 Å². The first-order chi connectivity index (χ1) is 10.2. The van der Waals surface area contributed by atoms with Crippen LogP contribution in [0.5, 0.6) is 11.5 Å². The molecule has 110 valence electrons. The number of nitrogens with one attached hydrogen (secondary N) is 1. The number of fused-ring (bicyclic) bond motifs is 1. The molecule has 2 aromatic carbocycles. The third-order valence-electron chi connectivity index (χ3n) is 3.52. The molecule has 1 aliphatic rings. The molecule has 0 fully saturated rings. The van der Waals surface area contributed by atoms with Gasteiger partial charge in [-0.15, -0.1) is 0 Å². The highest BCUT2D eigenvalue weighted by atomic mass is 35.5. The first-order valence-corrected chi connectivity index (χ1v) is 7.43. The van der Waals surface area contributed by atoms with Gasteiger partial charge in [0, 0.05) is 27.2 Å². The van der Waals surface area contributed by atoms with Crippen LogP contribution in [0, 0.1) is 0 Å². The van der Waals surface area contributed by atoms with Crippen molar-refractivity contribution in [2.75, 3.05) is 13.7 Å². The van der Waals surface area contributed by atoms with Crippen molar-refractivity contribution >= 4 is 23.2 Å². The van der Waals surface area contributed by atoms with Crippen molar-refractivity contribution in [2.24, 2.45) is 0 Å². The summed E-state index contributed by atoms with van der Waals surface area (Å²) in [5.74, 6) is 1.63. The van der Waals surface area contributed by atoms with Crippen LogP contribution >= 0.6 is 23.2 Å². The summed E-state index contributed by atoms with van der Waals surface area (Å²) in [6.45, 7) is 1.04. The van der Waals surface area contributed by atoms with Crippen molar-refractivity contribution in [3.05, 3.63) is 57.6 Å². The molecular formula is C16H15Cl2NO2. The minimum absolute atomic E-state index is 0.250. The smallest absolute Gasteiger partial charge is 0.127 e. The summed E-state index contributed by atoms with van der Waals surface area (Å²) >= 11 is 12.0. The molecule has 0 saturated carbocycles. The lowest BCUT2D eigenvalue weighted by Gasteiger charge is -2.10. The van der Waals surface area contributed by atoms with Gasteiger partial charge in [0.25, 0.3) is 0 Å². The molecular weight excluding hydrogens is 309 g/mol. The van der Waals surface area contributed by atoms with Crippen molar-refractivity contribution in [3.63, 3.8) is 0 Å². The van der Waals surface area contributed by atoms with Gasteiger partial charge in [-0.1, -0.05) is 29.3 Å². The SMILES string of the molecule is CNC1COc2cc(OCc3ccc(Cl)cc3Cl)ccc21. The summed E-state index contributed by atoms with van der Waals surface area (Å²) in [5, 5.41) is 4.44. The normalized spacial score (nSPS) is 16.4. The second-order valence-corrected chi connectivity index (χ2v) is 5.72. The van der Waals surface area contributed by atoms with Crippen molar-refractivity contribution in [1.82, 2.24) is 5.32 Å². The Morgan fingerprint density at radius 3 is 2.86 bits per heavy atom. The van der Waals surface area contributed by atoms with E-state index in [9.17, 15) is 0 Å². The van der Waals surface area contributed by atoms with Gasteiger partial charge in [-0.2, -0.15) is 0 Å². The molecule has 1 unspecified atom stereocenters. The number of rotatable bonds is 4. The molecule has 2 aromatic rings. The van der Waals surface area contributed by atoms with Crippen molar-refractivity contribution in [3.8, 4) is 11.5 Å². The Morgan fingerprint density at radius 2 is 2.10 bits per heavy atom. The van der Waals surface area contributed by atoms with E-state index in [-0.39, 0.29) is 6.04 Å². The first-order valence-electron chi connectivity index (χ1n) is 6.68. The summed E-state index contributed by atoms with van der Waals surface area (Å²) in [7, 11) is 1.93. The molecule has 0 amide bonds. The van der Waals surface area contributed by atoms with E-state index in [1.807, 2.05) is 31.3 Å². The Morgan fingerprint density at radius 1 is 1.24 bits per heavy atom. The second-order valence-electron chi connectivity index (χ2n) is 4.88. The Hall–Kier alpha value is -1.42. The zero-order chi connectivity index (χ0) is 14.8. The van der Waals surface area contributed by atoms with Crippen LogP contribution in [-0.2, 0) is 6.61 Å². The molecule has 3 nitrogen and oxygen atoms in total. The van der Waals surface area contributed by atoms with Crippen molar-refractivity contribution < 1.29 is 9.47 Å². The van der Waals surface area contributed by atoms with Crippen LogP contribution in [-0.4, -0.2) is 13.7 Å². The van der Waals surface area contributed by atoms with E-state index in [4.69, 9.17) is 32.7 Å². The van der Waals surface area contributed by atoms with E-state index in [2.05, 4.69) is 5.32 Å². The van der Waals surface area contributed by atoms with Gasteiger partial charge in [-0.3, -0.25) is 0 Å². The van der Waals surface area contributed by atoms with Crippen LogP contribution in [0.2, 0.25) is 10.0 Å². The third kappa shape index (κ3) is 3.10. The van der Waals surface area contributed by atoms with Crippen LogP contribution in [0.4, 0.5) is 0 Å². The zero-order valence-corrected chi connectivity index (χ0v) is 13.0. The van der Waals surface area contributed by atoms with Gasteiger partial charge in [0.15, 0.2) is 0 Å². The van der Waals surface area contributed by atoms with Gasteiger partial charge >= 0.3 is 0 Å². The highest BCUT2D eigenvalue weighted by Crippen LogP contribution is 2.35. The van der Waals surface area contributed by atoms with Crippen LogP contribution in [0.25, 0.3) is 0 Å². The number of hydrogen-bond acceptors (Lipinski definition) is 3. The van der Waals surface area contributed by atoms with E-state index in [0.717, 1.165) is 22.6 Å². The molecule has 0 aliphatic carbocycles. The predicted molar refractivity (Wildman–Crippen MR) is 84.5 cm³/mol. The molecule has 1 atom stereocenters. The van der Waals surface area contributed by atoms with Crippen LogP contribution in [0.15, 0.2) is 36.4 Å². The highest BCUT2D eigenvalue weighted by Gasteiger charge is 2.22. The molecule has 1 aliphatic heterocycles. The van der Waals surface area contributed by atoms with E-state index in [1.165, 1.54) is 0 Å². The van der Waals surface area contributed by atoms with E-state index < -0.39 is 0 Å². The third-order valence-corrected chi connectivity index (χ3v) is 4.11. The van der Waals surface area contributed by atoms with E-state index >= 15 is 0 Å². The number of ether oxygens (including phenoxy) is 2. The number of halogens is 2. The Bertz CT molecular complexity index is 661. The van der Waals surface area contributed by atoms with Crippen molar-refractivity contribution in [1.29, 1.82) is 0 Å². The largest absolute Gasteiger partial charge is 0.491 e. The quantitative estimate of drug-likeness (QED) is 0.913. The summed E-state index contributed by atoms with van der Waals surface area (Å²) in [6, 6.07) is 11.5. The van der Waals surface area contributed by atoms with Crippen LogP contribution in [0.3, 0.4) is 0 Å². The minimum atomic E-state index is 0.250. The Kier molecular flexibility index (Phi) is 4.24. The molecule has 0 radical (unpaired) electrons. The zero-order valence-electron chi connectivity index (χ0n) is 11.5. The Labute approximate surface area is 133 Å². The molecule has 0 saturated heterocycles. The minimum Gasteiger partial charge on any atom is -0.491 e. The van der Waals surface area contributed by atoms with Gasteiger partial charge in [0.05, 0.1) is 6.04 Å². The molecule has 5 heteroatoms. The van der Waals surface area contributed by atoms with Gasteiger partial charge < -0.3 is 14.8 Å². The lowest BCUT2D eigenvalue weighted by atomic mass is 10.1. The first kappa shape index (κ1) is 14.5. The highest BCUT2D eigenvalue weighted by molar-refractivity contribution is 6.35. The molecule has 0 aromatic heterocycles. The lowest BCUT2D eigenvalue weighted by molar-refractivity contribution is 0.299. The molecule has 0 spiro atoms. The summed E-state index contributed by atoms with van der Waals surface area (Å²) in [6.07, 6.45) is 0. The summed E-state index contributed by atoms with van der Waals surface area (Å²) < 4.78 is 11.4. The molecule has 3 rings (SSSR count). The number of likely N-dealkylation sites (N-methyl/N-ethyl adjacent to an activating group) is 1. The van der Waals surface area contributed by atoms with Crippen LogP contribution < -0.4 is 14.8 Å². The molecule has 21 heavy (non-hydrogen) atoms. The fourth-order valence-corrected chi connectivity index (χ4v) is 2.78. The van der Waals surface area contributed by atoms with Gasteiger partial charge in [-0.05, 0) is 31.3 Å². The number of hydrogen-bond donors (Lipinski definition) is 1. The lowest BCUT2D eigenvalue weighted by Crippen LogP contribution is -2.17. The maximum atomic E-state index is 6.13. The molecule has 1 heterocycles. The average Bonchev–Trinajstić information content (AvgIpc) is 2.88. The average molecular weight is 324 g/mol. The fraction of sp³-hybridized carbons (Fsp3) is 0.250. The maximum Gasteiger partial charge on any atom is 0.127 e. The van der Waals surface area contributed by atoms with E-state index in [0.29, 0.717) is 23.3 Å². The predicted octanol–water partition coefficient (Wildman–Crippen LogP) is 4.23. The fourth-order valence-electron chi connectivity index (χ4n) is 2.32. The van der Waals surface area contributed by atoms with Gasteiger partial charge in [0.2, 0.25) is 0 Å². The summed E-state index contributed by atoms with van der Waals surface area (Å²) in [5.41, 5.74) is 2.06. The maximum absolute atomic E-state index is 6.13. The second kappa shape index (κ2) is 6.14. The molecule has 0 bridgehead atoms. The van der Waals surface area contributed by atoms with Crippen LogP contribution in [0.1, 0.15) is 17.2 Å². The molecule has 1 N–H and O–H groups in total. The number of benzene rings is 2. The summed E-state index contributed by atoms with van der Waals surface area (Å²) in [4.78, 5) is 0. The standard InChI is InChI=1S/C16H15Cl2NO2/c1-19-15-9-21-16-7-12(4-5-13(15)16)20-8-10-2-3-11(17)6-14(10)18/h2-7,15,19H,8-9H2,1H3. The topological polar surface area (TPSA) is 30.5 Å². The van der Waals surface area contributed by atoms with E-state index in [1.54, 1.807) is 12.1 Å². The van der Waals surface area contributed by atoms with Gasteiger partial charge in [-0.25, -0.2) is 0 Å². The monoisotopic (exact) mass is 323 g/mol. The Balaban J connectivity index is 1.72. The van der Waals surface area contributed by atoms with Gasteiger partial charge in [0.1, 0.15) is 24.7 Å².